The number of rotatable bonds is 4. The van der Waals surface area contributed by atoms with Gasteiger partial charge >= 0.3 is 0 Å². The zero-order chi connectivity index (χ0) is 21.1. The van der Waals surface area contributed by atoms with Gasteiger partial charge < -0.3 is 10.6 Å². The highest BCUT2D eigenvalue weighted by molar-refractivity contribution is 6.20. The molecule has 8 heteroatoms. The van der Waals surface area contributed by atoms with Gasteiger partial charge in [0.25, 0.3) is 0 Å². The summed E-state index contributed by atoms with van der Waals surface area (Å²) in [5, 5.41) is 13.3. The van der Waals surface area contributed by atoms with E-state index < -0.39 is 0 Å². The zero-order valence-electron chi connectivity index (χ0n) is 17.5. The molecule has 8 nitrogen and oxygen atoms in total. The van der Waals surface area contributed by atoms with Crippen molar-refractivity contribution < 1.29 is 0 Å². The van der Waals surface area contributed by atoms with Gasteiger partial charge in [-0.1, -0.05) is 12.6 Å². The van der Waals surface area contributed by atoms with Crippen molar-refractivity contribution in [3.05, 3.63) is 46.7 Å². The summed E-state index contributed by atoms with van der Waals surface area (Å²) in [6.45, 7) is 6.00. The third kappa shape index (κ3) is 4.18. The molecule has 0 spiro atoms. The number of hydrogen-bond acceptors (Lipinski definition) is 6. The molecule has 4 heterocycles. The van der Waals surface area contributed by atoms with Gasteiger partial charge in [-0.15, -0.1) is 0 Å². The van der Waals surface area contributed by atoms with E-state index in [1.54, 1.807) is 17.9 Å². The fraction of sp³-hybridized carbons (Fsp3) is 0.364. The Morgan fingerprint density at radius 2 is 2.20 bits per heavy atom. The van der Waals surface area contributed by atoms with Gasteiger partial charge in [0, 0.05) is 50.2 Å². The maximum Gasteiger partial charge on any atom is 0.129 e. The van der Waals surface area contributed by atoms with Gasteiger partial charge in [-0.05, 0) is 37.5 Å². The normalized spacial score (nSPS) is 18.6. The van der Waals surface area contributed by atoms with Gasteiger partial charge in [0.05, 0.1) is 23.0 Å². The summed E-state index contributed by atoms with van der Waals surface area (Å²) in [7, 11) is 3.66. The SMILES string of the molecule is C=c1[nH]nc(-c2cccc(N3CCCC(N)CC3)n2)/c1=C/C(=NC)c1cnn(C)c1. The first-order valence-electron chi connectivity index (χ1n) is 10.2. The predicted molar refractivity (Wildman–Crippen MR) is 121 cm³/mol. The van der Waals surface area contributed by atoms with E-state index in [0.717, 1.165) is 71.4 Å². The quantitative estimate of drug-likeness (QED) is 0.628. The highest BCUT2D eigenvalue weighted by atomic mass is 15.2. The number of anilines is 1. The standard InChI is InChI=1S/C22H28N8/c1-15-18(12-20(24-2)16-13-25-29(3)14-16)22(28-27-15)19-7-4-8-21(26-19)30-10-5-6-17(23)9-11-30/h4,7-8,12-14,17,27H,1,5-6,9-11,23H2,2-3H3/b18-12+,24-20?. The molecule has 0 saturated carbocycles. The van der Waals surface area contributed by atoms with Crippen LogP contribution < -0.4 is 21.2 Å². The second-order valence-electron chi connectivity index (χ2n) is 7.68. The Morgan fingerprint density at radius 3 is 2.97 bits per heavy atom. The predicted octanol–water partition coefficient (Wildman–Crippen LogP) is 0.833. The number of nitrogens with one attached hydrogen (secondary N) is 1. The van der Waals surface area contributed by atoms with Crippen molar-refractivity contribution in [3.63, 3.8) is 0 Å². The van der Waals surface area contributed by atoms with Gasteiger partial charge in [-0.2, -0.15) is 10.2 Å². The monoisotopic (exact) mass is 404 g/mol. The van der Waals surface area contributed by atoms with Crippen LogP contribution in [0.4, 0.5) is 5.82 Å². The van der Waals surface area contributed by atoms with E-state index in [0.29, 0.717) is 0 Å². The van der Waals surface area contributed by atoms with Crippen molar-refractivity contribution >= 4 is 24.2 Å². The van der Waals surface area contributed by atoms with Crippen LogP contribution in [0.15, 0.2) is 35.6 Å². The Balaban J connectivity index is 1.72. The van der Waals surface area contributed by atoms with E-state index >= 15 is 0 Å². The van der Waals surface area contributed by atoms with Crippen molar-refractivity contribution in [1.82, 2.24) is 25.0 Å². The number of aromatic nitrogens is 5. The summed E-state index contributed by atoms with van der Waals surface area (Å²) < 4.78 is 1.76. The number of nitrogens with two attached hydrogens (primary N) is 1. The van der Waals surface area contributed by atoms with Crippen LogP contribution in [-0.4, -0.2) is 56.9 Å². The molecular formula is C22H28N8. The first-order valence-corrected chi connectivity index (χ1v) is 10.2. The fourth-order valence-electron chi connectivity index (χ4n) is 3.79. The third-order valence-electron chi connectivity index (χ3n) is 5.48. The molecule has 1 unspecified atom stereocenters. The maximum absolute atomic E-state index is 6.14. The molecule has 1 aliphatic rings. The van der Waals surface area contributed by atoms with Crippen LogP contribution in [0.3, 0.4) is 0 Å². The molecule has 0 amide bonds. The third-order valence-corrected chi connectivity index (χ3v) is 5.48. The molecule has 1 fully saturated rings. The molecule has 4 rings (SSSR count). The van der Waals surface area contributed by atoms with Crippen LogP contribution in [0.1, 0.15) is 24.8 Å². The minimum atomic E-state index is 0.277. The van der Waals surface area contributed by atoms with E-state index in [4.69, 9.17) is 10.7 Å². The number of hydrogen-bond donors (Lipinski definition) is 2. The summed E-state index contributed by atoms with van der Waals surface area (Å²) in [6, 6.07) is 6.33. The molecule has 156 valence electrons. The summed E-state index contributed by atoms with van der Waals surface area (Å²) in [5.41, 5.74) is 9.46. The average Bonchev–Trinajstić information content (AvgIpc) is 3.26. The lowest BCUT2D eigenvalue weighted by molar-refractivity contribution is 0.601. The number of aliphatic imine (C=N–C) groups is 1. The lowest BCUT2D eigenvalue weighted by Crippen LogP contribution is -2.27. The maximum atomic E-state index is 6.14. The van der Waals surface area contributed by atoms with Crippen molar-refractivity contribution in [3.8, 4) is 11.4 Å². The molecule has 3 aromatic rings. The second-order valence-corrected chi connectivity index (χ2v) is 7.68. The Labute approximate surface area is 175 Å². The van der Waals surface area contributed by atoms with Gasteiger partial charge in [0.1, 0.15) is 11.5 Å². The smallest absolute Gasteiger partial charge is 0.129 e. The van der Waals surface area contributed by atoms with E-state index in [9.17, 15) is 0 Å². The first-order chi connectivity index (χ1) is 14.5. The van der Waals surface area contributed by atoms with Crippen molar-refractivity contribution in [2.24, 2.45) is 17.8 Å². The molecule has 3 aromatic heterocycles. The van der Waals surface area contributed by atoms with Gasteiger partial charge in [-0.25, -0.2) is 4.98 Å². The summed E-state index contributed by atoms with van der Waals surface area (Å²) in [6.07, 6.45) is 8.84. The van der Waals surface area contributed by atoms with Crippen LogP contribution >= 0.6 is 0 Å². The number of H-pyrrole nitrogens is 1. The molecule has 0 aromatic carbocycles. The van der Waals surface area contributed by atoms with Crippen LogP contribution in [0.2, 0.25) is 0 Å². The zero-order valence-corrected chi connectivity index (χ0v) is 17.5. The lowest BCUT2D eigenvalue weighted by atomic mass is 10.1. The van der Waals surface area contributed by atoms with E-state index in [1.807, 2.05) is 31.5 Å². The second kappa shape index (κ2) is 8.62. The van der Waals surface area contributed by atoms with Crippen LogP contribution in [0.5, 0.6) is 0 Å². The molecule has 1 aliphatic heterocycles. The number of pyridine rings is 1. The lowest BCUT2D eigenvalue weighted by Gasteiger charge is -2.21. The Hall–Kier alpha value is -3.26. The van der Waals surface area contributed by atoms with E-state index in [2.05, 4.69) is 37.8 Å². The van der Waals surface area contributed by atoms with Crippen LogP contribution in [0, 0.1) is 0 Å². The molecule has 30 heavy (non-hydrogen) atoms. The Kier molecular flexibility index (Phi) is 5.76. The Morgan fingerprint density at radius 1 is 1.33 bits per heavy atom. The molecule has 1 saturated heterocycles. The van der Waals surface area contributed by atoms with E-state index in [-0.39, 0.29) is 6.04 Å². The highest BCUT2D eigenvalue weighted by Crippen LogP contribution is 2.20. The largest absolute Gasteiger partial charge is 0.357 e. The van der Waals surface area contributed by atoms with Gasteiger partial charge in [0.2, 0.25) is 0 Å². The summed E-state index contributed by atoms with van der Waals surface area (Å²) in [5.74, 6) is 0.956. The molecule has 0 aliphatic carbocycles. The number of aryl methyl sites for hydroxylation is 1. The minimum Gasteiger partial charge on any atom is -0.357 e. The van der Waals surface area contributed by atoms with Crippen molar-refractivity contribution in [2.75, 3.05) is 25.0 Å². The molecule has 0 bridgehead atoms. The van der Waals surface area contributed by atoms with Crippen molar-refractivity contribution in [2.45, 2.75) is 25.3 Å². The average molecular weight is 405 g/mol. The molecule has 0 radical (unpaired) electrons. The van der Waals surface area contributed by atoms with Gasteiger partial charge in [0.15, 0.2) is 0 Å². The first kappa shape index (κ1) is 20.0. The molecule has 3 N–H and O–H groups in total. The number of aromatic amines is 1. The summed E-state index contributed by atoms with van der Waals surface area (Å²) in [4.78, 5) is 11.7. The molecular weight excluding hydrogens is 376 g/mol. The van der Waals surface area contributed by atoms with Crippen LogP contribution in [-0.2, 0) is 7.05 Å². The fourth-order valence-corrected chi connectivity index (χ4v) is 3.79. The number of nitrogens with zero attached hydrogens (tertiary/aromatic N) is 6. The topological polar surface area (TPSA) is 101 Å². The Bertz CT molecular complexity index is 1160. The van der Waals surface area contributed by atoms with E-state index in [1.165, 1.54) is 0 Å². The van der Waals surface area contributed by atoms with Gasteiger partial charge in [-0.3, -0.25) is 14.8 Å². The summed E-state index contributed by atoms with van der Waals surface area (Å²) >= 11 is 0. The van der Waals surface area contributed by atoms with Crippen LogP contribution in [0.25, 0.3) is 24.0 Å². The molecule has 1 atom stereocenters. The highest BCUT2D eigenvalue weighted by Gasteiger charge is 2.16. The minimum absolute atomic E-state index is 0.277. The van der Waals surface area contributed by atoms with Crippen molar-refractivity contribution in [1.29, 1.82) is 0 Å².